The van der Waals surface area contributed by atoms with Gasteiger partial charge in [0.05, 0.1) is 13.2 Å². The third-order valence-electron chi connectivity index (χ3n) is 3.65. The highest BCUT2D eigenvalue weighted by atomic mass is 16.7. The van der Waals surface area contributed by atoms with Gasteiger partial charge in [-0.3, -0.25) is 0 Å². The van der Waals surface area contributed by atoms with E-state index in [1.54, 1.807) is 0 Å². The molecule has 92 valence electrons. The van der Waals surface area contributed by atoms with Crippen LogP contribution in [0.4, 0.5) is 0 Å². The van der Waals surface area contributed by atoms with E-state index in [0.29, 0.717) is 13.3 Å². The predicted octanol–water partition coefficient (Wildman–Crippen LogP) is 1.24. The van der Waals surface area contributed by atoms with E-state index in [-0.39, 0.29) is 5.41 Å². The quantitative estimate of drug-likeness (QED) is 0.856. The van der Waals surface area contributed by atoms with Gasteiger partial charge in [0.1, 0.15) is 0 Å². The lowest BCUT2D eigenvalue weighted by atomic mass is 9.79. The number of rotatable bonds is 3. The summed E-state index contributed by atoms with van der Waals surface area (Å²) < 4.78 is 16.1. The minimum absolute atomic E-state index is 0.123. The lowest BCUT2D eigenvalue weighted by Gasteiger charge is -2.41. The van der Waals surface area contributed by atoms with Crippen molar-refractivity contribution in [2.24, 2.45) is 11.1 Å². The summed E-state index contributed by atoms with van der Waals surface area (Å²) in [5.41, 5.74) is 8.48. The van der Waals surface area contributed by atoms with Gasteiger partial charge in [-0.25, -0.2) is 0 Å². The van der Waals surface area contributed by atoms with Gasteiger partial charge in [0.15, 0.2) is 11.5 Å². The van der Waals surface area contributed by atoms with Crippen LogP contribution < -0.4 is 15.2 Å². The first-order valence-corrected chi connectivity index (χ1v) is 5.89. The van der Waals surface area contributed by atoms with Gasteiger partial charge in [-0.2, -0.15) is 0 Å². The number of hydrogen-bond donors (Lipinski definition) is 1. The molecular weight excluding hydrogens is 218 g/mol. The highest BCUT2D eigenvalue weighted by molar-refractivity contribution is 5.48. The van der Waals surface area contributed by atoms with Crippen LogP contribution in [0.3, 0.4) is 0 Å². The van der Waals surface area contributed by atoms with Gasteiger partial charge >= 0.3 is 0 Å². The van der Waals surface area contributed by atoms with Crippen LogP contribution in [0.5, 0.6) is 11.5 Å². The second kappa shape index (κ2) is 3.89. The fourth-order valence-corrected chi connectivity index (χ4v) is 2.36. The maximum atomic E-state index is 5.84. The van der Waals surface area contributed by atoms with E-state index in [1.165, 1.54) is 11.1 Å². The molecule has 0 aromatic heterocycles. The molecule has 0 bridgehead atoms. The largest absolute Gasteiger partial charge is 0.454 e. The fraction of sp³-hybridized carbons (Fsp3) is 0.538. The summed E-state index contributed by atoms with van der Waals surface area (Å²) in [6.07, 6.45) is 0.950. The predicted molar refractivity (Wildman–Crippen MR) is 63.3 cm³/mol. The minimum atomic E-state index is 0.123. The Hall–Kier alpha value is -1.26. The second-order valence-corrected chi connectivity index (χ2v) is 5.01. The number of aryl methyl sites for hydroxylation is 1. The highest BCUT2D eigenvalue weighted by Crippen LogP contribution is 2.38. The average Bonchev–Trinajstić information content (AvgIpc) is 2.70. The molecule has 0 amide bonds. The minimum Gasteiger partial charge on any atom is -0.454 e. The molecule has 2 N–H and O–H groups in total. The second-order valence-electron chi connectivity index (χ2n) is 5.01. The van der Waals surface area contributed by atoms with Crippen LogP contribution in [-0.4, -0.2) is 26.6 Å². The summed E-state index contributed by atoms with van der Waals surface area (Å²) in [4.78, 5) is 0. The van der Waals surface area contributed by atoms with E-state index in [2.05, 4.69) is 13.0 Å². The van der Waals surface area contributed by atoms with Gasteiger partial charge in [-0.05, 0) is 36.6 Å². The monoisotopic (exact) mass is 235 g/mol. The molecule has 0 saturated carbocycles. The van der Waals surface area contributed by atoms with Crippen LogP contribution in [0, 0.1) is 12.3 Å². The first-order valence-electron chi connectivity index (χ1n) is 5.89. The summed E-state index contributed by atoms with van der Waals surface area (Å²) >= 11 is 0. The standard InChI is InChI=1S/C13H17NO3/c1-9-2-11-12(17-8-16-11)3-10(9)4-13(5-14)6-15-7-13/h2-3H,4-8,14H2,1H3. The topological polar surface area (TPSA) is 53.7 Å². The Morgan fingerprint density at radius 1 is 1.24 bits per heavy atom. The van der Waals surface area contributed by atoms with Crippen molar-refractivity contribution >= 4 is 0 Å². The molecule has 4 heteroatoms. The molecule has 3 rings (SSSR count). The van der Waals surface area contributed by atoms with E-state index < -0.39 is 0 Å². The molecule has 0 radical (unpaired) electrons. The van der Waals surface area contributed by atoms with E-state index in [0.717, 1.165) is 31.1 Å². The molecule has 0 unspecified atom stereocenters. The Balaban J connectivity index is 1.88. The molecule has 17 heavy (non-hydrogen) atoms. The van der Waals surface area contributed by atoms with Crippen LogP contribution in [-0.2, 0) is 11.2 Å². The lowest BCUT2D eigenvalue weighted by Crippen LogP contribution is -2.49. The zero-order valence-corrected chi connectivity index (χ0v) is 9.99. The van der Waals surface area contributed by atoms with Gasteiger partial charge in [-0.15, -0.1) is 0 Å². The van der Waals surface area contributed by atoms with Crippen molar-refractivity contribution in [2.45, 2.75) is 13.3 Å². The first-order chi connectivity index (χ1) is 8.22. The molecule has 2 aliphatic heterocycles. The van der Waals surface area contributed by atoms with Crippen LogP contribution in [0.15, 0.2) is 12.1 Å². The molecule has 0 atom stereocenters. The number of hydrogen-bond acceptors (Lipinski definition) is 4. The fourth-order valence-electron chi connectivity index (χ4n) is 2.36. The lowest BCUT2D eigenvalue weighted by molar-refractivity contribution is -0.106. The van der Waals surface area contributed by atoms with Crippen LogP contribution in [0.25, 0.3) is 0 Å². The van der Waals surface area contributed by atoms with Crippen molar-refractivity contribution in [3.8, 4) is 11.5 Å². The molecule has 2 aliphatic rings. The third kappa shape index (κ3) is 1.77. The molecule has 1 saturated heterocycles. The molecular formula is C13H17NO3. The van der Waals surface area contributed by atoms with E-state index in [9.17, 15) is 0 Å². The zero-order chi connectivity index (χ0) is 11.9. The Labute approximate surface area is 101 Å². The van der Waals surface area contributed by atoms with Crippen molar-refractivity contribution in [3.63, 3.8) is 0 Å². The molecule has 2 heterocycles. The van der Waals surface area contributed by atoms with Crippen molar-refractivity contribution in [1.29, 1.82) is 0 Å². The molecule has 0 spiro atoms. The maximum Gasteiger partial charge on any atom is 0.231 e. The number of fused-ring (bicyclic) bond motifs is 1. The van der Waals surface area contributed by atoms with Gasteiger partial charge in [-0.1, -0.05) is 0 Å². The maximum absolute atomic E-state index is 5.84. The van der Waals surface area contributed by atoms with E-state index >= 15 is 0 Å². The van der Waals surface area contributed by atoms with Crippen LogP contribution in [0.2, 0.25) is 0 Å². The number of ether oxygens (including phenoxy) is 3. The zero-order valence-electron chi connectivity index (χ0n) is 9.99. The highest BCUT2D eigenvalue weighted by Gasteiger charge is 2.37. The van der Waals surface area contributed by atoms with Crippen molar-refractivity contribution in [3.05, 3.63) is 23.3 Å². The molecule has 1 fully saturated rings. The summed E-state index contributed by atoms with van der Waals surface area (Å²) in [6.45, 7) is 4.61. The molecule has 1 aromatic rings. The van der Waals surface area contributed by atoms with Gasteiger partial charge in [0, 0.05) is 12.0 Å². The van der Waals surface area contributed by atoms with Crippen molar-refractivity contribution in [2.75, 3.05) is 26.6 Å². The van der Waals surface area contributed by atoms with Gasteiger partial charge < -0.3 is 19.9 Å². The van der Waals surface area contributed by atoms with Crippen LogP contribution >= 0.6 is 0 Å². The van der Waals surface area contributed by atoms with Crippen molar-refractivity contribution < 1.29 is 14.2 Å². The van der Waals surface area contributed by atoms with Crippen LogP contribution in [0.1, 0.15) is 11.1 Å². The van der Waals surface area contributed by atoms with Gasteiger partial charge in [0.25, 0.3) is 0 Å². The molecule has 0 aliphatic carbocycles. The van der Waals surface area contributed by atoms with E-state index in [4.69, 9.17) is 19.9 Å². The summed E-state index contributed by atoms with van der Waals surface area (Å²) in [6, 6.07) is 4.12. The van der Waals surface area contributed by atoms with Crippen molar-refractivity contribution in [1.82, 2.24) is 0 Å². The number of benzene rings is 1. The first kappa shape index (κ1) is 10.9. The Bertz CT molecular complexity index is 435. The molecule has 4 nitrogen and oxygen atoms in total. The smallest absolute Gasteiger partial charge is 0.231 e. The van der Waals surface area contributed by atoms with Gasteiger partial charge in [0.2, 0.25) is 6.79 Å². The summed E-state index contributed by atoms with van der Waals surface area (Å²) in [5, 5.41) is 0. The Kier molecular flexibility index (Phi) is 2.49. The number of nitrogens with two attached hydrogens (primary N) is 1. The third-order valence-corrected chi connectivity index (χ3v) is 3.65. The van der Waals surface area contributed by atoms with E-state index in [1.807, 2.05) is 6.07 Å². The SMILES string of the molecule is Cc1cc2c(cc1CC1(CN)COC1)OCO2. The normalized spacial score (nSPS) is 20.1. The Morgan fingerprint density at radius 3 is 2.53 bits per heavy atom. The molecule has 1 aromatic carbocycles. The summed E-state index contributed by atoms with van der Waals surface area (Å²) in [5.74, 6) is 1.69. The summed E-state index contributed by atoms with van der Waals surface area (Å²) in [7, 11) is 0. The average molecular weight is 235 g/mol. The Morgan fingerprint density at radius 2 is 1.94 bits per heavy atom.